The lowest BCUT2D eigenvalue weighted by molar-refractivity contribution is -0.119. The quantitative estimate of drug-likeness (QED) is 0.780. The Hall–Kier alpha value is -1.54. The standard InChI is InChI=1S/C14H18N2O4S2/c1-10(17)15-11-2-4-13(5-3-11)21-8-14(18)16-12-6-7-22(19,20)9-12/h2-5,12H,6-9H2,1H3,(H,15,17)(H,16,18)/t12-/m1/s1. The minimum Gasteiger partial charge on any atom is -0.352 e. The molecular weight excluding hydrogens is 324 g/mol. The highest BCUT2D eigenvalue weighted by Crippen LogP contribution is 2.20. The van der Waals surface area contributed by atoms with Gasteiger partial charge in [-0.3, -0.25) is 9.59 Å². The molecule has 1 atom stereocenters. The lowest BCUT2D eigenvalue weighted by Crippen LogP contribution is -2.36. The highest BCUT2D eigenvalue weighted by Gasteiger charge is 2.28. The van der Waals surface area contributed by atoms with Crippen LogP contribution >= 0.6 is 11.8 Å². The molecule has 0 unspecified atom stereocenters. The molecular formula is C14H18N2O4S2. The molecule has 0 radical (unpaired) electrons. The molecule has 2 amide bonds. The van der Waals surface area contributed by atoms with E-state index in [0.717, 1.165) is 4.90 Å². The summed E-state index contributed by atoms with van der Waals surface area (Å²) in [6.07, 6.45) is 0.490. The van der Waals surface area contributed by atoms with Crippen molar-refractivity contribution in [1.29, 1.82) is 0 Å². The van der Waals surface area contributed by atoms with E-state index >= 15 is 0 Å². The molecule has 0 aromatic heterocycles. The lowest BCUT2D eigenvalue weighted by atomic mass is 10.3. The second-order valence-electron chi connectivity index (χ2n) is 5.16. The first-order valence-corrected chi connectivity index (χ1v) is 9.65. The van der Waals surface area contributed by atoms with E-state index in [2.05, 4.69) is 10.6 Å². The fourth-order valence-electron chi connectivity index (χ4n) is 2.16. The van der Waals surface area contributed by atoms with Gasteiger partial charge in [-0.25, -0.2) is 8.42 Å². The van der Waals surface area contributed by atoms with Gasteiger partial charge >= 0.3 is 0 Å². The summed E-state index contributed by atoms with van der Waals surface area (Å²) in [7, 11) is -2.98. The fraction of sp³-hybridized carbons (Fsp3) is 0.429. The van der Waals surface area contributed by atoms with Gasteiger partial charge in [-0.15, -0.1) is 11.8 Å². The number of thioether (sulfide) groups is 1. The summed E-state index contributed by atoms with van der Waals surface area (Å²) in [6.45, 7) is 1.44. The average Bonchev–Trinajstić information content (AvgIpc) is 2.76. The molecule has 2 N–H and O–H groups in total. The zero-order chi connectivity index (χ0) is 16.2. The van der Waals surface area contributed by atoms with Gasteiger partial charge in [-0.1, -0.05) is 0 Å². The molecule has 0 bridgehead atoms. The Balaban J connectivity index is 1.77. The number of carbonyl (C=O) groups excluding carboxylic acids is 2. The van der Waals surface area contributed by atoms with Gasteiger partial charge in [-0.2, -0.15) is 0 Å². The number of hydrogen-bond acceptors (Lipinski definition) is 5. The highest BCUT2D eigenvalue weighted by atomic mass is 32.2. The smallest absolute Gasteiger partial charge is 0.230 e. The average molecular weight is 342 g/mol. The zero-order valence-corrected chi connectivity index (χ0v) is 13.8. The van der Waals surface area contributed by atoms with E-state index in [4.69, 9.17) is 0 Å². The van der Waals surface area contributed by atoms with Crippen molar-refractivity contribution < 1.29 is 18.0 Å². The van der Waals surface area contributed by atoms with Gasteiger partial charge in [-0.05, 0) is 30.7 Å². The van der Waals surface area contributed by atoms with Crippen LogP contribution in [0, 0.1) is 0 Å². The zero-order valence-electron chi connectivity index (χ0n) is 12.2. The third kappa shape index (κ3) is 5.34. The minimum atomic E-state index is -2.98. The van der Waals surface area contributed by atoms with Gasteiger partial charge in [0, 0.05) is 23.5 Å². The maximum atomic E-state index is 11.8. The Morgan fingerprint density at radius 1 is 1.27 bits per heavy atom. The molecule has 0 aliphatic carbocycles. The highest BCUT2D eigenvalue weighted by molar-refractivity contribution is 8.00. The SMILES string of the molecule is CC(=O)Nc1ccc(SCC(=O)N[C@@H]2CCS(=O)(=O)C2)cc1. The van der Waals surface area contributed by atoms with Crippen molar-refractivity contribution in [3.05, 3.63) is 24.3 Å². The number of benzene rings is 1. The fourth-order valence-corrected chi connectivity index (χ4v) is 4.55. The Morgan fingerprint density at radius 3 is 2.50 bits per heavy atom. The summed E-state index contributed by atoms with van der Waals surface area (Å²) in [6, 6.07) is 6.92. The molecule has 0 spiro atoms. The predicted molar refractivity (Wildman–Crippen MR) is 86.7 cm³/mol. The molecule has 2 rings (SSSR count). The van der Waals surface area contributed by atoms with E-state index in [9.17, 15) is 18.0 Å². The van der Waals surface area contributed by atoms with E-state index in [1.807, 2.05) is 12.1 Å². The largest absolute Gasteiger partial charge is 0.352 e. The van der Waals surface area contributed by atoms with Crippen LogP contribution in [0.2, 0.25) is 0 Å². The van der Waals surface area contributed by atoms with Crippen molar-refractivity contribution >= 4 is 39.1 Å². The first-order valence-electron chi connectivity index (χ1n) is 6.84. The van der Waals surface area contributed by atoms with E-state index < -0.39 is 9.84 Å². The molecule has 1 aliphatic heterocycles. The van der Waals surface area contributed by atoms with Crippen LogP contribution < -0.4 is 10.6 Å². The summed E-state index contributed by atoms with van der Waals surface area (Å²) in [4.78, 5) is 23.6. The van der Waals surface area contributed by atoms with Gasteiger partial charge in [0.05, 0.1) is 17.3 Å². The number of rotatable bonds is 5. The van der Waals surface area contributed by atoms with Gasteiger partial charge in [0.15, 0.2) is 9.84 Å². The Labute approximate surface area is 134 Å². The molecule has 1 saturated heterocycles. The molecule has 0 saturated carbocycles. The number of carbonyl (C=O) groups is 2. The van der Waals surface area contributed by atoms with Crippen molar-refractivity contribution in [1.82, 2.24) is 5.32 Å². The van der Waals surface area contributed by atoms with Crippen LogP contribution in [0.4, 0.5) is 5.69 Å². The lowest BCUT2D eigenvalue weighted by Gasteiger charge is -2.10. The van der Waals surface area contributed by atoms with E-state index in [1.54, 1.807) is 12.1 Å². The molecule has 1 heterocycles. The number of nitrogens with one attached hydrogen (secondary N) is 2. The molecule has 8 heteroatoms. The first-order chi connectivity index (χ1) is 10.3. The predicted octanol–water partition coefficient (Wildman–Crippen LogP) is 1.04. The Kier molecular flexibility index (Phi) is 5.47. The topological polar surface area (TPSA) is 92.3 Å². The molecule has 22 heavy (non-hydrogen) atoms. The molecule has 120 valence electrons. The summed E-state index contributed by atoms with van der Waals surface area (Å²) in [5, 5.41) is 5.41. The summed E-state index contributed by atoms with van der Waals surface area (Å²) < 4.78 is 22.6. The molecule has 1 aromatic rings. The monoisotopic (exact) mass is 342 g/mol. The van der Waals surface area contributed by atoms with Crippen LogP contribution in [-0.2, 0) is 19.4 Å². The van der Waals surface area contributed by atoms with Gasteiger partial charge < -0.3 is 10.6 Å². The van der Waals surface area contributed by atoms with Gasteiger partial charge in [0.1, 0.15) is 0 Å². The first kappa shape index (κ1) is 16.8. The van der Waals surface area contributed by atoms with Crippen LogP contribution in [0.15, 0.2) is 29.2 Å². The molecule has 1 aromatic carbocycles. The summed E-state index contributed by atoms with van der Waals surface area (Å²) in [5.74, 6) is 0.116. The molecule has 6 nitrogen and oxygen atoms in total. The maximum Gasteiger partial charge on any atom is 0.230 e. The maximum absolute atomic E-state index is 11.8. The van der Waals surface area contributed by atoms with E-state index in [0.29, 0.717) is 12.1 Å². The summed E-state index contributed by atoms with van der Waals surface area (Å²) in [5.41, 5.74) is 0.706. The van der Waals surface area contributed by atoms with Crippen molar-refractivity contribution in [2.75, 3.05) is 22.6 Å². The van der Waals surface area contributed by atoms with E-state index in [1.165, 1.54) is 18.7 Å². The second kappa shape index (κ2) is 7.15. The second-order valence-corrected chi connectivity index (χ2v) is 8.44. The third-order valence-corrected chi connectivity index (χ3v) is 5.92. The van der Waals surface area contributed by atoms with Crippen molar-refractivity contribution in [2.24, 2.45) is 0 Å². The van der Waals surface area contributed by atoms with Crippen LogP contribution in [0.1, 0.15) is 13.3 Å². The number of hydrogen-bond donors (Lipinski definition) is 2. The van der Waals surface area contributed by atoms with E-state index in [-0.39, 0.29) is 35.1 Å². The van der Waals surface area contributed by atoms with Gasteiger partial charge in [0.2, 0.25) is 11.8 Å². The van der Waals surface area contributed by atoms with Crippen LogP contribution in [0.5, 0.6) is 0 Å². The van der Waals surface area contributed by atoms with Crippen molar-refractivity contribution in [2.45, 2.75) is 24.3 Å². The minimum absolute atomic E-state index is 0.0365. The number of amides is 2. The Bertz CT molecular complexity index is 656. The van der Waals surface area contributed by atoms with Crippen LogP contribution in [0.3, 0.4) is 0 Å². The van der Waals surface area contributed by atoms with Crippen molar-refractivity contribution in [3.8, 4) is 0 Å². The number of sulfone groups is 1. The Morgan fingerprint density at radius 2 is 1.95 bits per heavy atom. The van der Waals surface area contributed by atoms with Crippen LogP contribution in [-0.4, -0.2) is 43.5 Å². The molecule has 1 fully saturated rings. The summed E-state index contributed by atoms with van der Waals surface area (Å²) >= 11 is 1.37. The third-order valence-electron chi connectivity index (χ3n) is 3.14. The van der Waals surface area contributed by atoms with Gasteiger partial charge in [0.25, 0.3) is 0 Å². The van der Waals surface area contributed by atoms with Crippen molar-refractivity contribution in [3.63, 3.8) is 0 Å². The molecule has 1 aliphatic rings. The number of anilines is 1. The van der Waals surface area contributed by atoms with Crippen LogP contribution in [0.25, 0.3) is 0 Å². The normalized spacial score (nSPS) is 19.6.